The molecule has 0 amide bonds. The van der Waals surface area contributed by atoms with Gasteiger partial charge in [-0.25, -0.2) is 0 Å². The average molecular weight is 441 g/mol. The number of fused-ring (bicyclic) bond motifs is 1. The van der Waals surface area contributed by atoms with E-state index in [4.69, 9.17) is 16.3 Å². The molecule has 0 N–H and O–H groups in total. The summed E-state index contributed by atoms with van der Waals surface area (Å²) in [4.78, 5) is 14.3. The van der Waals surface area contributed by atoms with Gasteiger partial charge in [0.15, 0.2) is 0 Å². The molecule has 0 radical (unpaired) electrons. The first-order valence-corrected chi connectivity index (χ1v) is 10.3. The predicted octanol–water partition coefficient (Wildman–Crippen LogP) is 2.14. The monoisotopic (exact) mass is 441 g/mol. The number of hydrogen-bond acceptors (Lipinski definition) is 5. The van der Waals surface area contributed by atoms with Gasteiger partial charge in [-0.3, -0.25) is 0 Å². The van der Waals surface area contributed by atoms with Crippen LogP contribution in [0.2, 0.25) is 4.82 Å². The van der Waals surface area contributed by atoms with Crippen LogP contribution in [0.25, 0.3) is 11.2 Å². The first kappa shape index (κ1) is 17.7. The Kier molecular flexibility index (Phi) is 4.84. The van der Waals surface area contributed by atoms with Gasteiger partial charge >= 0.3 is 161 Å². The van der Waals surface area contributed by atoms with E-state index in [1.807, 2.05) is 49.3 Å². The third-order valence-electron chi connectivity index (χ3n) is 4.17. The molecule has 1 saturated heterocycles. The molecule has 6 nitrogen and oxygen atoms in total. The summed E-state index contributed by atoms with van der Waals surface area (Å²) in [7, 11) is 3.75. The van der Waals surface area contributed by atoms with E-state index >= 15 is 4.39 Å². The molecule has 0 bridgehead atoms. The number of benzene rings is 1. The molecular weight excluding hydrogens is 424 g/mol. The molecule has 26 heavy (non-hydrogen) atoms. The van der Waals surface area contributed by atoms with Crippen molar-refractivity contribution in [2.75, 3.05) is 19.0 Å². The molecule has 9 heteroatoms. The number of alkyl halides is 2. The van der Waals surface area contributed by atoms with E-state index in [9.17, 15) is 0 Å². The van der Waals surface area contributed by atoms with Crippen LogP contribution in [0.3, 0.4) is 0 Å². The quantitative estimate of drug-likeness (QED) is 0.460. The first-order chi connectivity index (χ1) is 12.6. The minimum absolute atomic E-state index is 0.137. The van der Waals surface area contributed by atoms with Crippen LogP contribution >= 0.6 is 11.6 Å². The van der Waals surface area contributed by atoms with Crippen LogP contribution in [0.15, 0.2) is 43.0 Å². The Hall–Kier alpha value is -1.73. The Bertz CT molecular complexity index is 909. The molecule has 0 aliphatic carbocycles. The van der Waals surface area contributed by atoms with Crippen molar-refractivity contribution in [3.8, 4) is 0 Å². The summed E-state index contributed by atoms with van der Waals surface area (Å²) in [6, 6.07) is 9.83. The third-order valence-corrected chi connectivity index (χ3v) is 7.66. The second-order valence-corrected chi connectivity index (χ2v) is 9.19. The van der Waals surface area contributed by atoms with Crippen molar-refractivity contribution in [2.24, 2.45) is 0 Å². The van der Waals surface area contributed by atoms with Gasteiger partial charge in [-0.1, -0.05) is 0 Å². The van der Waals surface area contributed by atoms with Gasteiger partial charge in [0.25, 0.3) is 0 Å². The van der Waals surface area contributed by atoms with Crippen molar-refractivity contribution in [1.82, 2.24) is 19.5 Å². The van der Waals surface area contributed by atoms with Gasteiger partial charge in [0.2, 0.25) is 0 Å². The summed E-state index contributed by atoms with van der Waals surface area (Å²) in [5.41, 5.74) is 0.451. The first-order valence-electron chi connectivity index (χ1n) is 8.06. The van der Waals surface area contributed by atoms with Crippen molar-refractivity contribution in [2.45, 2.75) is 22.8 Å². The summed E-state index contributed by atoms with van der Waals surface area (Å²) >= 11 is 6.21. The van der Waals surface area contributed by atoms with E-state index in [1.54, 1.807) is 10.9 Å². The van der Waals surface area contributed by atoms with Crippen LogP contribution in [0, 0.1) is 0 Å². The summed E-state index contributed by atoms with van der Waals surface area (Å²) in [6.45, 7) is 0. The van der Waals surface area contributed by atoms with Gasteiger partial charge in [0, 0.05) is 0 Å². The van der Waals surface area contributed by atoms with Gasteiger partial charge in [-0.05, 0) is 0 Å². The Morgan fingerprint density at radius 1 is 1.19 bits per heavy atom. The van der Waals surface area contributed by atoms with Crippen molar-refractivity contribution < 1.29 is 9.13 Å². The van der Waals surface area contributed by atoms with E-state index in [0.29, 0.717) is 17.0 Å². The SMILES string of the molecule is CN(C)c1ncnc2c1ncn2[C@@H]1O[C@H](Cl)[C@@H]([Se]c2ccccc2)[C@@H]1F. The molecule has 4 rings (SSSR count). The topological polar surface area (TPSA) is 56.1 Å². The van der Waals surface area contributed by atoms with Gasteiger partial charge in [0.05, 0.1) is 0 Å². The van der Waals surface area contributed by atoms with E-state index < -0.39 is 18.0 Å². The molecular formula is C17H17ClFN5OSe. The van der Waals surface area contributed by atoms with Crippen molar-refractivity contribution >= 4 is 48.0 Å². The third kappa shape index (κ3) is 3.07. The van der Waals surface area contributed by atoms with Gasteiger partial charge in [0.1, 0.15) is 0 Å². The summed E-state index contributed by atoms with van der Waals surface area (Å²) in [5, 5.41) is 0. The Balaban J connectivity index is 1.65. The molecule has 0 saturated carbocycles. The molecule has 3 heterocycles. The summed E-state index contributed by atoms with van der Waals surface area (Å²) in [6.07, 6.45) is 0.906. The van der Waals surface area contributed by atoms with Crippen LogP contribution in [0.5, 0.6) is 0 Å². The van der Waals surface area contributed by atoms with Crippen LogP contribution < -0.4 is 9.36 Å². The molecule has 136 valence electrons. The number of nitrogens with zero attached hydrogens (tertiary/aromatic N) is 5. The van der Waals surface area contributed by atoms with Crippen LogP contribution in [-0.2, 0) is 4.74 Å². The number of imidazole rings is 1. The fourth-order valence-corrected chi connectivity index (χ4v) is 5.68. The van der Waals surface area contributed by atoms with Crippen LogP contribution in [-0.4, -0.2) is 60.3 Å². The van der Waals surface area contributed by atoms with E-state index in [0.717, 1.165) is 4.46 Å². The molecule has 0 unspecified atom stereocenters. The van der Waals surface area contributed by atoms with E-state index in [1.165, 1.54) is 6.33 Å². The maximum absolute atomic E-state index is 15.2. The zero-order valence-corrected chi connectivity index (χ0v) is 16.6. The Labute approximate surface area is 161 Å². The molecule has 1 aliphatic rings. The molecule has 1 aliphatic heterocycles. The number of anilines is 1. The van der Waals surface area contributed by atoms with Crippen molar-refractivity contribution in [1.29, 1.82) is 0 Å². The summed E-state index contributed by atoms with van der Waals surface area (Å²) < 4.78 is 23.7. The fraction of sp³-hybridized carbons (Fsp3) is 0.353. The van der Waals surface area contributed by atoms with Gasteiger partial charge in [-0.15, -0.1) is 0 Å². The molecule has 0 spiro atoms. The minimum atomic E-state index is -1.24. The van der Waals surface area contributed by atoms with Crippen molar-refractivity contribution in [3.63, 3.8) is 0 Å². The molecule has 1 aromatic carbocycles. The molecule has 1 fully saturated rings. The zero-order valence-electron chi connectivity index (χ0n) is 14.2. The number of aromatic nitrogens is 4. The zero-order chi connectivity index (χ0) is 18.3. The van der Waals surface area contributed by atoms with E-state index in [2.05, 4.69) is 15.0 Å². The number of halogens is 2. The van der Waals surface area contributed by atoms with Crippen molar-refractivity contribution in [3.05, 3.63) is 43.0 Å². The van der Waals surface area contributed by atoms with Gasteiger partial charge in [-0.2, -0.15) is 0 Å². The molecule has 4 atom stereocenters. The number of ether oxygens (including phenoxy) is 1. The number of hydrogen-bond donors (Lipinski definition) is 0. The second-order valence-electron chi connectivity index (χ2n) is 6.13. The predicted molar refractivity (Wildman–Crippen MR) is 99.9 cm³/mol. The molecule has 2 aromatic heterocycles. The standard InChI is InChI=1S/C17H17ClFN5OSe/c1-23(2)15-12-16(21-8-20-15)24(9-22-12)17-11(19)13(14(18)25-17)26-10-6-4-3-5-7-10/h3-9,11,13-14,17H,1-2H3/t11-,13-,14-,17+/m0/s1. The normalized spacial score (nSPS) is 25.7. The summed E-state index contributed by atoms with van der Waals surface area (Å²) in [5.74, 6) is 0.676. The fourth-order valence-electron chi connectivity index (χ4n) is 2.94. The Morgan fingerprint density at radius 2 is 1.96 bits per heavy atom. The molecule has 3 aromatic rings. The maximum atomic E-state index is 15.2. The van der Waals surface area contributed by atoms with Gasteiger partial charge < -0.3 is 0 Å². The number of rotatable bonds is 4. The average Bonchev–Trinajstić information content (AvgIpc) is 3.18. The van der Waals surface area contributed by atoms with Crippen LogP contribution in [0.4, 0.5) is 10.2 Å². The van der Waals surface area contributed by atoms with E-state index in [-0.39, 0.29) is 19.8 Å². The van der Waals surface area contributed by atoms with Crippen LogP contribution in [0.1, 0.15) is 6.23 Å². The second kappa shape index (κ2) is 7.12. The Morgan fingerprint density at radius 3 is 2.69 bits per heavy atom.